The Morgan fingerprint density at radius 2 is 2.00 bits per heavy atom. The van der Waals surface area contributed by atoms with E-state index in [4.69, 9.17) is 15.1 Å². The highest BCUT2D eigenvalue weighted by molar-refractivity contribution is 9.10. The molecule has 22 heavy (non-hydrogen) atoms. The Hall–Kier alpha value is -2.52. The molecule has 0 aliphatic carbocycles. The fraction of sp³-hybridized carbons (Fsp3) is 0.125. The first-order valence-electron chi connectivity index (χ1n) is 6.45. The molecule has 2 rings (SSSR count). The maximum atomic E-state index is 10.6. The summed E-state index contributed by atoms with van der Waals surface area (Å²) < 4.78 is 6.59. The number of nitrogens with zero attached hydrogens (tertiary/aromatic N) is 1. The van der Waals surface area contributed by atoms with E-state index in [0.29, 0.717) is 17.9 Å². The van der Waals surface area contributed by atoms with Crippen LogP contribution in [0.25, 0.3) is 0 Å². The van der Waals surface area contributed by atoms with E-state index in [1.807, 2.05) is 24.3 Å². The van der Waals surface area contributed by atoms with Gasteiger partial charge in [0.1, 0.15) is 12.4 Å². The van der Waals surface area contributed by atoms with Crippen LogP contribution in [0.4, 0.5) is 4.79 Å². The second-order valence-electron chi connectivity index (χ2n) is 4.51. The Morgan fingerprint density at radius 1 is 1.27 bits per heavy atom. The first-order chi connectivity index (χ1) is 10.6. The van der Waals surface area contributed by atoms with Gasteiger partial charge in [0, 0.05) is 16.6 Å². The molecule has 0 saturated heterocycles. The summed E-state index contributed by atoms with van der Waals surface area (Å²) in [5, 5.41) is 19.8. The molecule has 1 amide bonds. The number of halogens is 1. The van der Waals surface area contributed by atoms with Gasteiger partial charge in [-0.25, -0.2) is 4.79 Å². The number of nitrogens with one attached hydrogen (secondary N) is 1. The number of nitriles is 1. The van der Waals surface area contributed by atoms with Gasteiger partial charge in [-0.1, -0.05) is 28.1 Å². The van der Waals surface area contributed by atoms with E-state index in [2.05, 4.69) is 27.3 Å². The molecular weight excluding hydrogens is 348 g/mol. The molecule has 0 aliphatic heterocycles. The summed E-state index contributed by atoms with van der Waals surface area (Å²) in [6, 6.07) is 14.6. The summed E-state index contributed by atoms with van der Waals surface area (Å²) in [6.07, 6.45) is -1.09. The van der Waals surface area contributed by atoms with Gasteiger partial charge in [-0.15, -0.1) is 0 Å². The number of amides is 1. The van der Waals surface area contributed by atoms with Gasteiger partial charge in [-0.2, -0.15) is 5.26 Å². The third-order valence-electron chi connectivity index (χ3n) is 2.93. The van der Waals surface area contributed by atoms with Crippen molar-refractivity contribution in [1.29, 1.82) is 5.26 Å². The van der Waals surface area contributed by atoms with Gasteiger partial charge >= 0.3 is 6.09 Å². The Kier molecular flexibility index (Phi) is 5.39. The molecule has 0 saturated carbocycles. The molecule has 0 spiro atoms. The molecule has 0 radical (unpaired) electrons. The van der Waals surface area contributed by atoms with Crippen LogP contribution in [0.5, 0.6) is 5.75 Å². The highest BCUT2D eigenvalue weighted by atomic mass is 79.9. The van der Waals surface area contributed by atoms with Crippen LogP contribution in [0, 0.1) is 11.3 Å². The zero-order valence-corrected chi connectivity index (χ0v) is 13.1. The average molecular weight is 361 g/mol. The summed E-state index contributed by atoms with van der Waals surface area (Å²) >= 11 is 3.35. The SMILES string of the molecule is N#Cc1ccc(COc2ccc(Br)cc2CNC(=O)O)cc1. The van der Waals surface area contributed by atoms with E-state index in [1.54, 1.807) is 18.2 Å². The molecule has 0 fully saturated rings. The number of hydrogen-bond donors (Lipinski definition) is 2. The van der Waals surface area contributed by atoms with E-state index in [-0.39, 0.29) is 6.54 Å². The molecule has 0 aliphatic rings. The number of carboxylic acid groups (broad SMARTS) is 1. The Balaban J connectivity index is 2.07. The van der Waals surface area contributed by atoms with Crippen LogP contribution >= 0.6 is 15.9 Å². The summed E-state index contributed by atoms with van der Waals surface area (Å²) in [6.45, 7) is 0.505. The lowest BCUT2D eigenvalue weighted by molar-refractivity contribution is 0.193. The van der Waals surface area contributed by atoms with Crippen molar-refractivity contribution < 1.29 is 14.6 Å². The molecule has 2 N–H and O–H groups in total. The van der Waals surface area contributed by atoms with E-state index in [0.717, 1.165) is 15.6 Å². The number of hydrogen-bond acceptors (Lipinski definition) is 3. The van der Waals surface area contributed by atoms with Crippen LogP contribution in [0.3, 0.4) is 0 Å². The predicted molar refractivity (Wildman–Crippen MR) is 84.5 cm³/mol. The first kappa shape index (κ1) is 15.9. The van der Waals surface area contributed by atoms with Crippen molar-refractivity contribution in [2.75, 3.05) is 0 Å². The number of benzene rings is 2. The molecule has 0 aromatic heterocycles. The summed E-state index contributed by atoms with van der Waals surface area (Å²) in [7, 11) is 0. The van der Waals surface area contributed by atoms with Gasteiger partial charge in [0.05, 0.1) is 11.6 Å². The minimum absolute atomic E-state index is 0.164. The number of carbonyl (C=O) groups is 1. The minimum Gasteiger partial charge on any atom is -0.489 e. The van der Waals surface area contributed by atoms with Crippen molar-refractivity contribution in [3.05, 3.63) is 63.6 Å². The Labute approximate surface area is 136 Å². The molecule has 2 aromatic carbocycles. The maximum Gasteiger partial charge on any atom is 0.404 e. The Morgan fingerprint density at radius 3 is 2.64 bits per heavy atom. The van der Waals surface area contributed by atoms with E-state index < -0.39 is 6.09 Å². The molecule has 6 heteroatoms. The van der Waals surface area contributed by atoms with E-state index in [1.165, 1.54) is 0 Å². The van der Waals surface area contributed by atoms with Gasteiger partial charge in [-0.05, 0) is 35.9 Å². The van der Waals surface area contributed by atoms with Crippen molar-refractivity contribution in [3.8, 4) is 11.8 Å². The number of rotatable bonds is 5. The lowest BCUT2D eigenvalue weighted by Crippen LogP contribution is -2.20. The van der Waals surface area contributed by atoms with Crippen molar-refractivity contribution in [2.24, 2.45) is 0 Å². The minimum atomic E-state index is -1.09. The van der Waals surface area contributed by atoms with Crippen molar-refractivity contribution in [1.82, 2.24) is 5.32 Å². The maximum absolute atomic E-state index is 10.6. The molecule has 0 atom stereocenters. The highest BCUT2D eigenvalue weighted by Gasteiger charge is 2.07. The first-order valence-corrected chi connectivity index (χ1v) is 7.25. The van der Waals surface area contributed by atoms with E-state index >= 15 is 0 Å². The smallest absolute Gasteiger partial charge is 0.404 e. The van der Waals surface area contributed by atoms with Gasteiger partial charge in [0.15, 0.2) is 0 Å². The second-order valence-corrected chi connectivity index (χ2v) is 5.42. The topological polar surface area (TPSA) is 82.3 Å². The Bertz CT molecular complexity index is 708. The number of ether oxygens (including phenoxy) is 1. The van der Waals surface area contributed by atoms with Crippen LogP contribution in [0.15, 0.2) is 46.9 Å². The van der Waals surface area contributed by atoms with Crippen molar-refractivity contribution in [2.45, 2.75) is 13.2 Å². The van der Waals surface area contributed by atoms with Gasteiger partial charge in [0.2, 0.25) is 0 Å². The lowest BCUT2D eigenvalue weighted by atomic mass is 10.1. The van der Waals surface area contributed by atoms with Crippen LogP contribution < -0.4 is 10.1 Å². The molecule has 5 nitrogen and oxygen atoms in total. The van der Waals surface area contributed by atoms with Crippen LogP contribution in [-0.2, 0) is 13.2 Å². The molecule has 0 unspecified atom stereocenters. The second kappa shape index (κ2) is 7.48. The van der Waals surface area contributed by atoms with Gasteiger partial charge in [-0.3, -0.25) is 0 Å². The average Bonchev–Trinajstić information content (AvgIpc) is 2.52. The van der Waals surface area contributed by atoms with Crippen molar-refractivity contribution in [3.63, 3.8) is 0 Å². The molecule has 112 valence electrons. The molecule has 0 heterocycles. The molecule has 2 aromatic rings. The molecule has 0 bridgehead atoms. The molecular formula is C16H13BrN2O3. The van der Waals surface area contributed by atoms with Gasteiger partial charge < -0.3 is 15.2 Å². The zero-order valence-electron chi connectivity index (χ0n) is 11.5. The third-order valence-corrected chi connectivity index (χ3v) is 3.42. The van der Waals surface area contributed by atoms with Crippen LogP contribution in [0.2, 0.25) is 0 Å². The van der Waals surface area contributed by atoms with Crippen LogP contribution in [-0.4, -0.2) is 11.2 Å². The fourth-order valence-corrected chi connectivity index (χ4v) is 2.24. The largest absolute Gasteiger partial charge is 0.489 e. The fourth-order valence-electron chi connectivity index (χ4n) is 1.83. The van der Waals surface area contributed by atoms with Crippen LogP contribution in [0.1, 0.15) is 16.7 Å². The zero-order chi connectivity index (χ0) is 15.9. The normalized spacial score (nSPS) is 9.82. The monoisotopic (exact) mass is 360 g/mol. The summed E-state index contributed by atoms with van der Waals surface area (Å²) in [5.41, 5.74) is 2.27. The van der Waals surface area contributed by atoms with E-state index in [9.17, 15) is 4.79 Å². The van der Waals surface area contributed by atoms with Gasteiger partial charge in [0.25, 0.3) is 0 Å². The lowest BCUT2D eigenvalue weighted by Gasteiger charge is -2.12. The standard InChI is InChI=1S/C16H13BrN2O3/c17-14-5-6-15(13(7-14)9-19-16(20)21)22-10-12-3-1-11(8-18)2-4-12/h1-7,19H,9-10H2,(H,20,21). The third kappa shape index (κ3) is 4.50. The summed E-state index contributed by atoms with van der Waals surface area (Å²) in [5.74, 6) is 0.612. The van der Waals surface area contributed by atoms with Crippen molar-refractivity contribution >= 4 is 22.0 Å². The quantitative estimate of drug-likeness (QED) is 0.851. The highest BCUT2D eigenvalue weighted by Crippen LogP contribution is 2.24. The predicted octanol–water partition coefficient (Wildman–Crippen LogP) is 3.67. The summed E-state index contributed by atoms with van der Waals surface area (Å²) in [4.78, 5) is 10.6.